The Morgan fingerprint density at radius 3 is 2.82 bits per heavy atom. The molecule has 1 aliphatic rings. The van der Waals surface area contributed by atoms with E-state index in [1.807, 2.05) is 13.8 Å². The highest BCUT2D eigenvalue weighted by Gasteiger charge is 2.27. The van der Waals surface area contributed by atoms with Crippen molar-refractivity contribution in [1.82, 2.24) is 9.88 Å². The minimum atomic E-state index is 0.465. The highest BCUT2D eigenvalue weighted by atomic mass is 16.4. The summed E-state index contributed by atoms with van der Waals surface area (Å²) in [7, 11) is 4.17. The van der Waals surface area contributed by atoms with E-state index in [1.165, 1.54) is 24.1 Å². The Balaban J connectivity index is 1.79. The minimum absolute atomic E-state index is 0.465. The molecule has 1 unspecified atom stereocenters. The van der Waals surface area contributed by atoms with Gasteiger partial charge in [0.2, 0.25) is 5.89 Å². The summed E-state index contributed by atoms with van der Waals surface area (Å²) >= 11 is 0. The molecule has 3 rings (SSSR count). The summed E-state index contributed by atoms with van der Waals surface area (Å²) in [5.74, 6) is 1.77. The SMILES string of the molecule is Cc1nc(CN2CCCC2c2cccc(N(C)C)c2)oc1C. The Morgan fingerprint density at radius 1 is 1.32 bits per heavy atom. The van der Waals surface area contributed by atoms with Crippen LogP contribution in [0.5, 0.6) is 0 Å². The molecule has 4 heteroatoms. The van der Waals surface area contributed by atoms with Crippen LogP contribution < -0.4 is 4.90 Å². The van der Waals surface area contributed by atoms with Crippen LogP contribution in [0.2, 0.25) is 0 Å². The van der Waals surface area contributed by atoms with Gasteiger partial charge in [0.05, 0.1) is 12.2 Å². The van der Waals surface area contributed by atoms with E-state index in [0.717, 1.165) is 30.4 Å². The molecular formula is C18H25N3O. The molecule has 1 aromatic heterocycles. The van der Waals surface area contributed by atoms with Gasteiger partial charge in [-0.25, -0.2) is 4.98 Å². The molecule has 1 atom stereocenters. The number of anilines is 1. The minimum Gasteiger partial charge on any atom is -0.444 e. The van der Waals surface area contributed by atoms with Gasteiger partial charge in [-0.1, -0.05) is 12.1 Å². The molecule has 0 saturated carbocycles. The Kier molecular flexibility index (Phi) is 4.21. The lowest BCUT2D eigenvalue weighted by Gasteiger charge is -2.24. The molecule has 0 amide bonds. The zero-order valence-electron chi connectivity index (χ0n) is 14.0. The lowest BCUT2D eigenvalue weighted by Crippen LogP contribution is -2.23. The first-order chi connectivity index (χ1) is 10.5. The Bertz CT molecular complexity index is 628. The quantitative estimate of drug-likeness (QED) is 0.862. The third kappa shape index (κ3) is 3.02. The molecular weight excluding hydrogens is 274 g/mol. The maximum absolute atomic E-state index is 5.76. The van der Waals surface area contributed by atoms with E-state index in [9.17, 15) is 0 Å². The number of likely N-dealkylation sites (tertiary alicyclic amines) is 1. The van der Waals surface area contributed by atoms with Crippen molar-refractivity contribution in [2.75, 3.05) is 25.5 Å². The topological polar surface area (TPSA) is 32.5 Å². The number of rotatable bonds is 4. The third-order valence-corrected chi connectivity index (χ3v) is 4.55. The van der Waals surface area contributed by atoms with E-state index in [-0.39, 0.29) is 0 Å². The second kappa shape index (κ2) is 6.13. The molecule has 0 spiro atoms. The molecule has 22 heavy (non-hydrogen) atoms. The van der Waals surface area contributed by atoms with Crippen molar-refractivity contribution in [2.45, 2.75) is 39.3 Å². The van der Waals surface area contributed by atoms with Crippen LogP contribution in [-0.4, -0.2) is 30.5 Å². The monoisotopic (exact) mass is 299 g/mol. The molecule has 0 bridgehead atoms. The number of benzene rings is 1. The normalized spacial score (nSPS) is 18.8. The second-order valence-corrected chi connectivity index (χ2v) is 6.37. The summed E-state index contributed by atoms with van der Waals surface area (Å²) in [5.41, 5.74) is 3.65. The zero-order chi connectivity index (χ0) is 15.7. The largest absolute Gasteiger partial charge is 0.444 e. The van der Waals surface area contributed by atoms with Gasteiger partial charge in [-0.15, -0.1) is 0 Å². The average Bonchev–Trinajstić information content (AvgIpc) is 3.07. The summed E-state index contributed by atoms with van der Waals surface area (Å²) in [4.78, 5) is 9.17. The summed E-state index contributed by atoms with van der Waals surface area (Å²) < 4.78 is 5.76. The predicted octanol–water partition coefficient (Wildman–Crippen LogP) is 3.69. The van der Waals surface area contributed by atoms with E-state index >= 15 is 0 Å². The van der Waals surface area contributed by atoms with Crippen molar-refractivity contribution in [3.05, 3.63) is 47.2 Å². The molecule has 1 fully saturated rings. The van der Waals surface area contributed by atoms with E-state index in [1.54, 1.807) is 0 Å². The molecule has 1 aliphatic heterocycles. The molecule has 0 radical (unpaired) electrons. The Labute approximate surface area is 132 Å². The molecule has 0 aliphatic carbocycles. The number of hydrogen-bond acceptors (Lipinski definition) is 4. The molecule has 1 saturated heterocycles. The number of hydrogen-bond donors (Lipinski definition) is 0. The molecule has 1 aromatic carbocycles. The van der Waals surface area contributed by atoms with Gasteiger partial charge >= 0.3 is 0 Å². The number of oxazole rings is 1. The number of aryl methyl sites for hydroxylation is 2. The van der Waals surface area contributed by atoms with Crippen molar-refractivity contribution in [3.63, 3.8) is 0 Å². The van der Waals surface area contributed by atoms with Crippen LogP contribution in [0.3, 0.4) is 0 Å². The van der Waals surface area contributed by atoms with E-state index in [4.69, 9.17) is 4.42 Å². The molecule has 2 heterocycles. The molecule has 4 nitrogen and oxygen atoms in total. The summed E-state index contributed by atoms with van der Waals surface area (Å²) in [5, 5.41) is 0. The van der Waals surface area contributed by atoms with Crippen LogP contribution in [-0.2, 0) is 6.54 Å². The fourth-order valence-electron chi connectivity index (χ4n) is 3.18. The van der Waals surface area contributed by atoms with Crippen LogP contribution in [0.15, 0.2) is 28.7 Å². The van der Waals surface area contributed by atoms with Crippen LogP contribution in [0, 0.1) is 13.8 Å². The summed E-state index contributed by atoms with van der Waals surface area (Å²) in [6.45, 7) is 5.89. The van der Waals surface area contributed by atoms with Gasteiger partial charge in [-0.05, 0) is 50.9 Å². The van der Waals surface area contributed by atoms with Crippen molar-refractivity contribution in [1.29, 1.82) is 0 Å². The Hall–Kier alpha value is -1.81. The maximum atomic E-state index is 5.76. The smallest absolute Gasteiger partial charge is 0.208 e. The summed E-state index contributed by atoms with van der Waals surface area (Å²) in [6.07, 6.45) is 2.44. The number of aromatic nitrogens is 1. The van der Waals surface area contributed by atoms with Crippen molar-refractivity contribution in [3.8, 4) is 0 Å². The van der Waals surface area contributed by atoms with Crippen molar-refractivity contribution >= 4 is 5.69 Å². The van der Waals surface area contributed by atoms with E-state index < -0.39 is 0 Å². The van der Waals surface area contributed by atoms with Crippen LogP contribution >= 0.6 is 0 Å². The molecule has 2 aromatic rings. The highest BCUT2D eigenvalue weighted by molar-refractivity contribution is 5.48. The fourth-order valence-corrected chi connectivity index (χ4v) is 3.18. The first kappa shape index (κ1) is 15.1. The van der Waals surface area contributed by atoms with Gasteiger partial charge in [0.1, 0.15) is 5.76 Å². The van der Waals surface area contributed by atoms with Gasteiger partial charge in [0, 0.05) is 25.8 Å². The number of nitrogens with zero attached hydrogens (tertiary/aromatic N) is 3. The van der Waals surface area contributed by atoms with Crippen molar-refractivity contribution in [2.24, 2.45) is 0 Å². The van der Waals surface area contributed by atoms with Gasteiger partial charge < -0.3 is 9.32 Å². The standard InChI is InChI=1S/C18H25N3O/c1-13-14(2)22-18(19-13)12-21-10-6-9-17(21)15-7-5-8-16(11-15)20(3)4/h5,7-8,11,17H,6,9-10,12H2,1-4H3. The first-order valence-corrected chi connectivity index (χ1v) is 7.99. The van der Waals surface area contributed by atoms with Crippen LogP contribution in [0.1, 0.15) is 41.8 Å². The van der Waals surface area contributed by atoms with Crippen molar-refractivity contribution < 1.29 is 4.42 Å². The Morgan fingerprint density at radius 2 is 2.14 bits per heavy atom. The van der Waals surface area contributed by atoms with Crippen LogP contribution in [0.25, 0.3) is 0 Å². The van der Waals surface area contributed by atoms with Gasteiger partial charge in [-0.2, -0.15) is 0 Å². The van der Waals surface area contributed by atoms with Crippen LogP contribution in [0.4, 0.5) is 5.69 Å². The molecule has 118 valence electrons. The fraction of sp³-hybridized carbons (Fsp3) is 0.500. The maximum Gasteiger partial charge on any atom is 0.208 e. The lowest BCUT2D eigenvalue weighted by atomic mass is 10.0. The highest BCUT2D eigenvalue weighted by Crippen LogP contribution is 2.34. The van der Waals surface area contributed by atoms with E-state index in [2.05, 4.69) is 53.1 Å². The third-order valence-electron chi connectivity index (χ3n) is 4.55. The van der Waals surface area contributed by atoms with E-state index in [0.29, 0.717) is 6.04 Å². The van der Waals surface area contributed by atoms with Gasteiger partial charge in [0.15, 0.2) is 0 Å². The predicted molar refractivity (Wildman–Crippen MR) is 89.1 cm³/mol. The lowest BCUT2D eigenvalue weighted by molar-refractivity contribution is 0.222. The first-order valence-electron chi connectivity index (χ1n) is 7.99. The summed E-state index contributed by atoms with van der Waals surface area (Å²) in [6, 6.07) is 9.31. The average molecular weight is 299 g/mol. The van der Waals surface area contributed by atoms with Gasteiger partial charge in [-0.3, -0.25) is 4.90 Å². The molecule has 0 N–H and O–H groups in total. The zero-order valence-corrected chi connectivity index (χ0v) is 14.0. The second-order valence-electron chi connectivity index (χ2n) is 6.37. The van der Waals surface area contributed by atoms with Gasteiger partial charge in [0.25, 0.3) is 0 Å².